The number of carboxylic acids is 1. The minimum atomic E-state index is -0.956. The zero-order valence-corrected chi connectivity index (χ0v) is 10.6. The summed E-state index contributed by atoms with van der Waals surface area (Å²) in [6, 6.07) is 3.96. The van der Waals surface area contributed by atoms with Crippen molar-refractivity contribution in [3.05, 3.63) is 47.3 Å². The largest absolute Gasteiger partial charge is 0.481 e. The molecule has 0 bridgehead atoms. The zero-order chi connectivity index (χ0) is 14.0. The molecule has 100 valence electrons. The van der Waals surface area contributed by atoms with E-state index in [1.54, 1.807) is 13.0 Å². The van der Waals surface area contributed by atoms with Gasteiger partial charge in [0.2, 0.25) is 0 Å². The van der Waals surface area contributed by atoms with E-state index in [0.29, 0.717) is 24.0 Å². The van der Waals surface area contributed by atoms with Gasteiger partial charge in [0.1, 0.15) is 5.82 Å². The molecule has 0 radical (unpaired) electrons. The van der Waals surface area contributed by atoms with Crippen LogP contribution in [0.15, 0.2) is 30.4 Å². The maximum Gasteiger partial charge on any atom is 0.307 e. The number of hydrogen-bond acceptors (Lipinski definition) is 2. The van der Waals surface area contributed by atoms with Crippen LogP contribution in [0.3, 0.4) is 0 Å². The molecule has 0 saturated heterocycles. The number of halogens is 1. The van der Waals surface area contributed by atoms with Crippen LogP contribution in [0.4, 0.5) is 4.39 Å². The molecule has 4 heteroatoms. The summed E-state index contributed by atoms with van der Waals surface area (Å²) in [7, 11) is 0. The van der Waals surface area contributed by atoms with E-state index in [2.05, 4.69) is 0 Å². The van der Waals surface area contributed by atoms with Crippen LogP contribution in [0.5, 0.6) is 0 Å². The Hall–Kier alpha value is -1.97. The Morgan fingerprint density at radius 2 is 1.84 bits per heavy atom. The summed E-state index contributed by atoms with van der Waals surface area (Å²) < 4.78 is 13.0. The van der Waals surface area contributed by atoms with Gasteiger partial charge >= 0.3 is 5.97 Å². The highest BCUT2D eigenvalue weighted by molar-refractivity contribution is 6.01. The molecule has 0 aromatic heterocycles. The molecule has 3 nitrogen and oxygen atoms in total. The first-order valence-corrected chi connectivity index (χ1v) is 6.19. The third-order valence-corrected chi connectivity index (χ3v) is 3.54. The number of benzene rings is 1. The van der Waals surface area contributed by atoms with E-state index in [0.717, 1.165) is 0 Å². The van der Waals surface area contributed by atoms with Crippen molar-refractivity contribution in [1.29, 1.82) is 0 Å². The van der Waals surface area contributed by atoms with E-state index in [1.165, 1.54) is 18.2 Å². The van der Waals surface area contributed by atoms with Gasteiger partial charge in [0.25, 0.3) is 0 Å². The number of carbonyl (C=O) groups is 2. The highest BCUT2D eigenvalue weighted by Crippen LogP contribution is 2.30. The van der Waals surface area contributed by atoms with Crippen molar-refractivity contribution in [3.63, 3.8) is 0 Å². The third-order valence-electron chi connectivity index (χ3n) is 3.54. The van der Waals surface area contributed by atoms with Gasteiger partial charge in [-0.05, 0) is 43.5 Å². The highest BCUT2D eigenvalue weighted by Gasteiger charge is 2.34. The monoisotopic (exact) mass is 262 g/mol. The zero-order valence-electron chi connectivity index (χ0n) is 10.6. The molecule has 1 aromatic rings. The average molecular weight is 262 g/mol. The molecule has 0 aliphatic heterocycles. The second-order valence-corrected chi connectivity index (χ2v) is 4.82. The van der Waals surface area contributed by atoms with Crippen LogP contribution in [0.2, 0.25) is 0 Å². The summed E-state index contributed by atoms with van der Waals surface area (Å²) in [5, 5.41) is 9.17. The molecule has 1 aliphatic rings. The molecule has 0 heterocycles. The normalized spacial score (nSPS) is 22.2. The van der Waals surface area contributed by atoms with Gasteiger partial charge in [0.15, 0.2) is 5.78 Å². The van der Waals surface area contributed by atoms with Gasteiger partial charge in [-0.25, -0.2) is 4.39 Å². The van der Waals surface area contributed by atoms with Gasteiger partial charge < -0.3 is 5.11 Å². The van der Waals surface area contributed by atoms with Crippen LogP contribution in [-0.2, 0) is 4.79 Å². The lowest BCUT2D eigenvalue weighted by Gasteiger charge is -2.24. The third kappa shape index (κ3) is 2.72. The van der Waals surface area contributed by atoms with Crippen LogP contribution in [-0.4, -0.2) is 16.9 Å². The summed E-state index contributed by atoms with van der Waals surface area (Å²) in [6.45, 7) is 1.66. The van der Waals surface area contributed by atoms with Crippen LogP contribution in [0, 0.1) is 24.6 Å². The molecule has 2 rings (SSSR count). The lowest BCUT2D eigenvalue weighted by molar-refractivity contribution is -0.143. The fourth-order valence-corrected chi connectivity index (χ4v) is 2.48. The maximum atomic E-state index is 13.0. The molecule has 0 amide bonds. The molecule has 0 spiro atoms. The molecule has 0 saturated carbocycles. The fourth-order valence-electron chi connectivity index (χ4n) is 2.48. The number of aliphatic carboxylic acids is 1. The molecular formula is C15H15FO3. The number of carboxylic acid groups (broad SMARTS) is 1. The van der Waals surface area contributed by atoms with Crippen molar-refractivity contribution in [2.45, 2.75) is 19.8 Å². The van der Waals surface area contributed by atoms with Crippen molar-refractivity contribution in [1.82, 2.24) is 0 Å². The fraction of sp³-hybridized carbons (Fsp3) is 0.333. The van der Waals surface area contributed by atoms with Gasteiger partial charge in [-0.15, -0.1) is 0 Å². The van der Waals surface area contributed by atoms with Crippen LogP contribution < -0.4 is 0 Å². The molecular weight excluding hydrogens is 247 g/mol. The second kappa shape index (κ2) is 5.34. The van der Waals surface area contributed by atoms with Crippen molar-refractivity contribution in [2.75, 3.05) is 0 Å². The van der Waals surface area contributed by atoms with Crippen molar-refractivity contribution >= 4 is 11.8 Å². The molecule has 2 unspecified atom stereocenters. The summed E-state index contributed by atoms with van der Waals surface area (Å²) >= 11 is 0. The van der Waals surface area contributed by atoms with Crippen molar-refractivity contribution < 1.29 is 19.1 Å². The Morgan fingerprint density at radius 3 is 2.42 bits per heavy atom. The van der Waals surface area contributed by atoms with E-state index in [9.17, 15) is 19.1 Å². The lowest BCUT2D eigenvalue weighted by atomic mass is 9.78. The summed E-state index contributed by atoms with van der Waals surface area (Å²) in [6.07, 6.45) is 4.42. The van der Waals surface area contributed by atoms with Gasteiger partial charge in [0, 0.05) is 11.5 Å². The Bertz CT molecular complexity index is 548. The topological polar surface area (TPSA) is 54.4 Å². The molecule has 2 atom stereocenters. The molecule has 1 N–H and O–H groups in total. The molecule has 0 fully saturated rings. The number of allylic oxidation sites excluding steroid dienone is 2. The Kier molecular flexibility index (Phi) is 3.79. The highest BCUT2D eigenvalue weighted by atomic mass is 19.1. The predicted octanol–water partition coefficient (Wildman–Crippen LogP) is 2.98. The number of hydrogen-bond donors (Lipinski definition) is 1. The van der Waals surface area contributed by atoms with E-state index < -0.39 is 23.6 Å². The first-order chi connectivity index (χ1) is 9.00. The second-order valence-electron chi connectivity index (χ2n) is 4.82. The number of aryl methyl sites for hydroxylation is 1. The van der Waals surface area contributed by atoms with Gasteiger partial charge in [-0.2, -0.15) is 0 Å². The van der Waals surface area contributed by atoms with Crippen LogP contribution in [0.1, 0.15) is 28.8 Å². The van der Waals surface area contributed by atoms with E-state index in [1.807, 2.05) is 6.08 Å². The standard InChI is InChI=1S/C15H15FO3/c1-9-8-10(16)6-7-11(9)14(17)12-4-2-3-5-13(12)15(18)19/h2-3,6-8,12-13H,4-5H2,1H3,(H,18,19). The van der Waals surface area contributed by atoms with E-state index in [4.69, 9.17) is 0 Å². The quantitative estimate of drug-likeness (QED) is 0.673. The smallest absolute Gasteiger partial charge is 0.307 e. The number of ketones is 1. The van der Waals surface area contributed by atoms with E-state index >= 15 is 0 Å². The van der Waals surface area contributed by atoms with Gasteiger partial charge in [0.05, 0.1) is 5.92 Å². The lowest BCUT2D eigenvalue weighted by Crippen LogP contribution is -2.31. The maximum absolute atomic E-state index is 13.0. The average Bonchev–Trinajstić information content (AvgIpc) is 2.38. The Morgan fingerprint density at radius 1 is 1.21 bits per heavy atom. The number of rotatable bonds is 3. The predicted molar refractivity (Wildman–Crippen MR) is 68.5 cm³/mol. The first-order valence-electron chi connectivity index (χ1n) is 6.19. The SMILES string of the molecule is Cc1cc(F)ccc1C(=O)C1CC=CCC1C(=O)O. The number of carbonyl (C=O) groups excluding carboxylic acids is 1. The van der Waals surface area contributed by atoms with Gasteiger partial charge in [-0.3, -0.25) is 9.59 Å². The molecule has 1 aliphatic carbocycles. The summed E-state index contributed by atoms with van der Waals surface area (Å²) in [5.74, 6) is -2.82. The summed E-state index contributed by atoms with van der Waals surface area (Å²) in [5.41, 5.74) is 0.955. The number of Topliss-reactive ketones (excluding diaryl/α,β-unsaturated/α-hetero) is 1. The minimum absolute atomic E-state index is 0.214. The van der Waals surface area contributed by atoms with E-state index in [-0.39, 0.29) is 5.78 Å². The van der Waals surface area contributed by atoms with Crippen molar-refractivity contribution in [2.24, 2.45) is 11.8 Å². The summed E-state index contributed by atoms with van der Waals surface area (Å²) in [4.78, 5) is 23.6. The Labute approximate surface area is 110 Å². The Balaban J connectivity index is 2.32. The minimum Gasteiger partial charge on any atom is -0.481 e. The molecule has 1 aromatic carbocycles. The van der Waals surface area contributed by atoms with Crippen LogP contribution in [0.25, 0.3) is 0 Å². The van der Waals surface area contributed by atoms with Gasteiger partial charge in [-0.1, -0.05) is 12.2 Å². The van der Waals surface area contributed by atoms with Crippen LogP contribution >= 0.6 is 0 Å². The first kappa shape index (κ1) is 13.5. The van der Waals surface area contributed by atoms with Crippen molar-refractivity contribution in [3.8, 4) is 0 Å². The molecule has 19 heavy (non-hydrogen) atoms.